The van der Waals surface area contributed by atoms with Crippen LogP contribution in [0.5, 0.6) is 11.5 Å². The Morgan fingerprint density at radius 3 is 2.38 bits per heavy atom. The van der Waals surface area contributed by atoms with Crippen molar-refractivity contribution < 1.29 is 19.1 Å². The summed E-state index contributed by atoms with van der Waals surface area (Å²) in [6.45, 7) is 6.15. The molecule has 0 heterocycles. The number of hydrogen-bond donors (Lipinski definition) is 1. The van der Waals surface area contributed by atoms with Crippen LogP contribution >= 0.6 is 0 Å². The zero-order valence-corrected chi connectivity index (χ0v) is 23.5. The van der Waals surface area contributed by atoms with Gasteiger partial charge in [0.25, 0.3) is 5.91 Å². The van der Waals surface area contributed by atoms with Crippen molar-refractivity contribution in [2.75, 3.05) is 13.7 Å². The molecule has 1 saturated carbocycles. The molecule has 3 aromatic carbocycles. The van der Waals surface area contributed by atoms with Gasteiger partial charge in [-0.2, -0.15) is 0 Å². The minimum absolute atomic E-state index is 0.121. The van der Waals surface area contributed by atoms with E-state index in [0.717, 1.165) is 53.5 Å². The van der Waals surface area contributed by atoms with E-state index in [1.54, 1.807) is 12.0 Å². The maximum absolute atomic E-state index is 13.9. The van der Waals surface area contributed by atoms with Gasteiger partial charge >= 0.3 is 0 Å². The molecule has 0 aromatic heterocycles. The lowest BCUT2D eigenvalue weighted by molar-refractivity contribution is -0.143. The summed E-state index contributed by atoms with van der Waals surface area (Å²) in [7, 11) is 1.62. The normalized spacial score (nSPS) is 14.1. The first-order valence-corrected chi connectivity index (χ1v) is 13.8. The number of nitrogens with zero attached hydrogens (tertiary/aromatic N) is 1. The highest BCUT2D eigenvalue weighted by atomic mass is 16.5. The second-order valence-corrected chi connectivity index (χ2v) is 10.6. The highest BCUT2D eigenvalue weighted by Crippen LogP contribution is 2.25. The molecule has 0 bridgehead atoms. The van der Waals surface area contributed by atoms with E-state index in [4.69, 9.17) is 9.47 Å². The van der Waals surface area contributed by atoms with Crippen molar-refractivity contribution >= 4 is 11.8 Å². The molecule has 39 heavy (non-hydrogen) atoms. The van der Waals surface area contributed by atoms with Crippen LogP contribution in [0.25, 0.3) is 0 Å². The number of ether oxygens (including phenoxy) is 2. The summed E-state index contributed by atoms with van der Waals surface area (Å²) in [5.41, 5.74) is 5.08. The van der Waals surface area contributed by atoms with E-state index in [1.807, 2.05) is 81.4 Å². The predicted molar refractivity (Wildman–Crippen MR) is 154 cm³/mol. The minimum Gasteiger partial charge on any atom is -0.497 e. The van der Waals surface area contributed by atoms with Crippen LogP contribution in [-0.2, 0) is 22.6 Å². The first-order chi connectivity index (χ1) is 18.8. The van der Waals surface area contributed by atoms with Gasteiger partial charge in [-0.1, -0.05) is 61.4 Å². The number of benzene rings is 3. The highest BCUT2D eigenvalue weighted by molar-refractivity contribution is 5.88. The molecule has 4 rings (SSSR count). The number of carbonyl (C=O) groups excluding carboxylic acids is 2. The lowest BCUT2D eigenvalue weighted by Gasteiger charge is -2.32. The van der Waals surface area contributed by atoms with Crippen LogP contribution in [0.15, 0.2) is 66.7 Å². The van der Waals surface area contributed by atoms with E-state index in [1.165, 1.54) is 0 Å². The average molecular weight is 529 g/mol. The van der Waals surface area contributed by atoms with Crippen molar-refractivity contribution in [2.24, 2.45) is 0 Å². The monoisotopic (exact) mass is 528 g/mol. The van der Waals surface area contributed by atoms with Crippen molar-refractivity contribution in [3.63, 3.8) is 0 Å². The molecule has 3 aromatic rings. The van der Waals surface area contributed by atoms with Crippen LogP contribution in [0.2, 0.25) is 0 Å². The van der Waals surface area contributed by atoms with Gasteiger partial charge in [0, 0.05) is 19.0 Å². The average Bonchev–Trinajstić information content (AvgIpc) is 3.45. The Kier molecular flexibility index (Phi) is 9.64. The maximum atomic E-state index is 13.9. The smallest absolute Gasteiger partial charge is 0.261 e. The number of rotatable bonds is 11. The zero-order valence-electron chi connectivity index (χ0n) is 23.5. The third kappa shape index (κ3) is 7.62. The van der Waals surface area contributed by atoms with E-state index < -0.39 is 6.04 Å². The molecule has 2 amide bonds. The summed E-state index contributed by atoms with van der Waals surface area (Å²) in [5, 5.41) is 3.24. The van der Waals surface area contributed by atoms with Crippen LogP contribution in [0.4, 0.5) is 0 Å². The summed E-state index contributed by atoms with van der Waals surface area (Å²) in [6.07, 6.45) is 4.59. The van der Waals surface area contributed by atoms with E-state index in [0.29, 0.717) is 17.9 Å². The largest absolute Gasteiger partial charge is 0.497 e. The Morgan fingerprint density at radius 1 is 0.949 bits per heavy atom. The van der Waals surface area contributed by atoms with Gasteiger partial charge in [0.15, 0.2) is 6.61 Å². The number of aryl methyl sites for hydroxylation is 2. The van der Waals surface area contributed by atoms with Crippen LogP contribution < -0.4 is 14.8 Å². The standard InChI is InChI=1S/C33H40N2O4/c1-23-17-24(2)25(3)31(18-23)39-22-32(36)35(21-27-13-10-16-29(19-27)38-4)30(20-26-11-6-5-7-12-26)33(37)34-28-14-8-9-15-28/h5-7,10-13,16-19,28,30H,8-9,14-15,20-22H2,1-4H3,(H,34,37)/t30-/m0/s1. The van der Waals surface area contributed by atoms with Crippen LogP contribution in [-0.4, -0.2) is 42.5 Å². The minimum atomic E-state index is -0.685. The maximum Gasteiger partial charge on any atom is 0.261 e. The Morgan fingerprint density at radius 2 is 1.67 bits per heavy atom. The summed E-state index contributed by atoms with van der Waals surface area (Å²) >= 11 is 0. The van der Waals surface area contributed by atoms with Crippen molar-refractivity contribution in [1.82, 2.24) is 10.2 Å². The topological polar surface area (TPSA) is 67.9 Å². The Labute approximate surface area is 232 Å². The van der Waals surface area contributed by atoms with Gasteiger partial charge in [-0.25, -0.2) is 0 Å². The molecule has 6 heteroatoms. The van der Waals surface area contributed by atoms with Gasteiger partial charge in [0.05, 0.1) is 7.11 Å². The lowest BCUT2D eigenvalue weighted by Crippen LogP contribution is -2.53. The van der Waals surface area contributed by atoms with Crippen LogP contribution in [0, 0.1) is 20.8 Å². The lowest BCUT2D eigenvalue weighted by atomic mass is 10.0. The van der Waals surface area contributed by atoms with Gasteiger partial charge in [0.1, 0.15) is 17.5 Å². The van der Waals surface area contributed by atoms with E-state index >= 15 is 0 Å². The molecule has 0 aliphatic heterocycles. The van der Waals surface area contributed by atoms with Crippen molar-refractivity contribution in [3.05, 3.63) is 94.5 Å². The van der Waals surface area contributed by atoms with E-state index in [2.05, 4.69) is 11.4 Å². The van der Waals surface area contributed by atoms with Crippen molar-refractivity contribution in [3.8, 4) is 11.5 Å². The number of carbonyl (C=O) groups is 2. The fourth-order valence-electron chi connectivity index (χ4n) is 5.26. The quantitative estimate of drug-likeness (QED) is 0.347. The SMILES string of the molecule is COc1cccc(CN(C(=O)COc2cc(C)cc(C)c2C)[C@@H](Cc2ccccc2)C(=O)NC2CCCC2)c1. The molecule has 1 fully saturated rings. The molecule has 1 aliphatic rings. The van der Waals surface area contributed by atoms with Gasteiger partial charge in [0.2, 0.25) is 5.91 Å². The Hall–Kier alpha value is -3.80. The molecule has 6 nitrogen and oxygen atoms in total. The van der Waals surface area contributed by atoms with Gasteiger partial charge in [-0.3, -0.25) is 9.59 Å². The second-order valence-electron chi connectivity index (χ2n) is 10.6. The summed E-state index contributed by atoms with van der Waals surface area (Å²) in [6, 6.07) is 21.0. The number of methoxy groups -OCH3 is 1. The van der Waals surface area contributed by atoms with Gasteiger partial charge in [-0.05, 0) is 79.6 Å². The Bertz CT molecular complexity index is 1270. The molecule has 0 saturated heterocycles. The molecule has 1 aliphatic carbocycles. The molecule has 1 atom stereocenters. The molecule has 0 radical (unpaired) electrons. The molecular weight excluding hydrogens is 488 g/mol. The van der Waals surface area contributed by atoms with Gasteiger partial charge in [-0.15, -0.1) is 0 Å². The number of amides is 2. The van der Waals surface area contributed by atoms with E-state index in [-0.39, 0.29) is 31.0 Å². The molecule has 0 spiro atoms. The predicted octanol–water partition coefficient (Wildman–Crippen LogP) is 5.70. The summed E-state index contributed by atoms with van der Waals surface area (Å²) in [5.74, 6) is 1.04. The molecule has 0 unspecified atom stereocenters. The van der Waals surface area contributed by atoms with Crippen molar-refractivity contribution in [2.45, 2.75) is 71.5 Å². The molecule has 1 N–H and O–H groups in total. The third-order valence-electron chi connectivity index (χ3n) is 7.57. The van der Waals surface area contributed by atoms with E-state index in [9.17, 15) is 9.59 Å². The summed E-state index contributed by atoms with van der Waals surface area (Å²) < 4.78 is 11.5. The summed E-state index contributed by atoms with van der Waals surface area (Å²) in [4.78, 5) is 29.4. The van der Waals surface area contributed by atoms with Crippen LogP contribution in [0.1, 0.15) is 53.5 Å². The van der Waals surface area contributed by atoms with Crippen molar-refractivity contribution in [1.29, 1.82) is 0 Å². The highest BCUT2D eigenvalue weighted by Gasteiger charge is 2.32. The molecule has 206 valence electrons. The Balaban J connectivity index is 1.64. The van der Waals surface area contributed by atoms with Crippen LogP contribution in [0.3, 0.4) is 0 Å². The number of hydrogen-bond acceptors (Lipinski definition) is 4. The second kappa shape index (κ2) is 13.3. The molecular formula is C33H40N2O4. The fourth-order valence-corrected chi connectivity index (χ4v) is 5.26. The van der Waals surface area contributed by atoms with Gasteiger partial charge < -0.3 is 19.7 Å². The first-order valence-electron chi connectivity index (χ1n) is 13.8. The zero-order chi connectivity index (χ0) is 27.8. The first kappa shape index (κ1) is 28.2. The third-order valence-corrected chi connectivity index (χ3v) is 7.57. The fraction of sp³-hybridized carbons (Fsp3) is 0.394. The number of nitrogens with one attached hydrogen (secondary N) is 1.